The number of hydrogen-bond acceptors (Lipinski definition) is 5. The zero-order valence-corrected chi connectivity index (χ0v) is 18.0. The second-order valence-corrected chi connectivity index (χ2v) is 7.90. The van der Waals surface area contributed by atoms with Crippen LogP contribution < -0.4 is 15.4 Å². The van der Waals surface area contributed by atoms with E-state index in [2.05, 4.69) is 15.5 Å². The number of ether oxygens (including phenoxy) is 1. The fourth-order valence-electron chi connectivity index (χ4n) is 3.87. The fourth-order valence-corrected chi connectivity index (χ4v) is 3.87. The van der Waals surface area contributed by atoms with Crippen molar-refractivity contribution in [1.82, 2.24) is 4.90 Å². The van der Waals surface area contributed by atoms with E-state index in [-0.39, 0.29) is 17.7 Å². The molecule has 0 spiro atoms. The summed E-state index contributed by atoms with van der Waals surface area (Å²) in [5, 5.41) is 5.90. The molecule has 166 valence electrons. The van der Waals surface area contributed by atoms with E-state index in [1.807, 2.05) is 18.2 Å². The van der Waals surface area contributed by atoms with E-state index in [4.69, 9.17) is 9.15 Å². The highest BCUT2D eigenvalue weighted by Crippen LogP contribution is 2.26. The van der Waals surface area contributed by atoms with Crippen molar-refractivity contribution in [3.63, 3.8) is 0 Å². The van der Waals surface area contributed by atoms with Crippen LogP contribution in [0.3, 0.4) is 0 Å². The number of likely N-dealkylation sites (tertiary alicyclic amines) is 1. The zero-order chi connectivity index (χ0) is 22.3. The standard InChI is InChI=1S/C25H27N3O4/c1-31-21-8-6-19(7-9-21)24(29)26-22-4-2-3-5-23(22)27-25(30)20-10-13-28(14-11-20)16-18-12-15-32-17-18/h2-9,12,15,17,20H,10-11,13-14,16H2,1H3,(H,26,29)(H,27,30). The summed E-state index contributed by atoms with van der Waals surface area (Å²) in [6.07, 6.45) is 5.03. The lowest BCUT2D eigenvalue weighted by Gasteiger charge is -2.31. The van der Waals surface area contributed by atoms with Crippen molar-refractivity contribution >= 4 is 23.2 Å². The Bertz CT molecular complexity index is 1040. The molecule has 0 atom stereocenters. The first-order valence-electron chi connectivity index (χ1n) is 10.7. The molecule has 1 saturated heterocycles. The molecule has 32 heavy (non-hydrogen) atoms. The Kier molecular flexibility index (Phi) is 6.87. The summed E-state index contributed by atoms with van der Waals surface area (Å²) < 4.78 is 10.3. The minimum absolute atomic E-state index is 0.0147. The van der Waals surface area contributed by atoms with Gasteiger partial charge in [-0.15, -0.1) is 0 Å². The van der Waals surface area contributed by atoms with Gasteiger partial charge in [0.2, 0.25) is 5.91 Å². The summed E-state index contributed by atoms with van der Waals surface area (Å²) in [6, 6.07) is 16.1. The van der Waals surface area contributed by atoms with E-state index in [9.17, 15) is 9.59 Å². The van der Waals surface area contributed by atoms with Crippen molar-refractivity contribution < 1.29 is 18.7 Å². The highest BCUT2D eigenvalue weighted by Gasteiger charge is 2.25. The number of carbonyl (C=O) groups is 2. The fraction of sp³-hybridized carbons (Fsp3) is 0.280. The molecule has 1 fully saturated rings. The molecule has 1 aromatic heterocycles. The number of para-hydroxylation sites is 2. The highest BCUT2D eigenvalue weighted by molar-refractivity contribution is 6.07. The monoisotopic (exact) mass is 433 g/mol. The predicted molar refractivity (Wildman–Crippen MR) is 123 cm³/mol. The maximum Gasteiger partial charge on any atom is 0.255 e. The number of nitrogens with one attached hydrogen (secondary N) is 2. The van der Waals surface area contributed by atoms with Crippen LogP contribution in [0.15, 0.2) is 71.5 Å². The average Bonchev–Trinajstić information content (AvgIpc) is 3.34. The number of nitrogens with zero attached hydrogens (tertiary/aromatic N) is 1. The number of hydrogen-bond donors (Lipinski definition) is 2. The topological polar surface area (TPSA) is 83.8 Å². The van der Waals surface area contributed by atoms with Gasteiger partial charge in [0.25, 0.3) is 5.91 Å². The molecule has 2 aromatic carbocycles. The van der Waals surface area contributed by atoms with Gasteiger partial charge in [-0.3, -0.25) is 14.5 Å². The number of amides is 2. The average molecular weight is 434 g/mol. The molecule has 7 heteroatoms. The Morgan fingerprint density at radius 1 is 1.00 bits per heavy atom. The molecule has 4 rings (SSSR count). The molecule has 2 heterocycles. The van der Waals surface area contributed by atoms with Crippen LogP contribution in [-0.2, 0) is 11.3 Å². The third-order valence-corrected chi connectivity index (χ3v) is 5.73. The number of rotatable bonds is 7. The van der Waals surface area contributed by atoms with E-state index in [0.29, 0.717) is 22.7 Å². The van der Waals surface area contributed by atoms with Crippen LogP contribution in [0.25, 0.3) is 0 Å². The Morgan fingerprint density at radius 2 is 1.69 bits per heavy atom. The lowest BCUT2D eigenvalue weighted by Crippen LogP contribution is -2.37. The van der Waals surface area contributed by atoms with E-state index in [1.54, 1.807) is 56.0 Å². The van der Waals surface area contributed by atoms with Gasteiger partial charge in [0.15, 0.2) is 0 Å². The Morgan fingerprint density at radius 3 is 2.31 bits per heavy atom. The van der Waals surface area contributed by atoms with Crippen molar-refractivity contribution in [2.75, 3.05) is 30.8 Å². The van der Waals surface area contributed by atoms with E-state index in [0.717, 1.165) is 38.0 Å². The first-order chi connectivity index (χ1) is 15.6. The van der Waals surface area contributed by atoms with Crippen molar-refractivity contribution in [2.24, 2.45) is 5.92 Å². The first kappa shape index (κ1) is 21.6. The van der Waals surface area contributed by atoms with Crippen LogP contribution >= 0.6 is 0 Å². The molecule has 3 aromatic rings. The summed E-state index contributed by atoms with van der Waals surface area (Å²) in [7, 11) is 1.58. The zero-order valence-electron chi connectivity index (χ0n) is 18.0. The number of carbonyl (C=O) groups excluding carboxylic acids is 2. The maximum atomic E-state index is 12.9. The van der Waals surface area contributed by atoms with Crippen molar-refractivity contribution in [1.29, 1.82) is 0 Å². The SMILES string of the molecule is COc1ccc(C(=O)Nc2ccccc2NC(=O)C2CCN(Cc3ccoc3)CC2)cc1. The quantitative estimate of drug-likeness (QED) is 0.577. The van der Waals surface area contributed by atoms with Crippen molar-refractivity contribution in [3.8, 4) is 5.75 Å². The maximum absolute atomic E-state index is 12.9. The van der Waals surface area contributed by atoms with Crippen LogP contribution in [0.5, 0.6) is 5.75 Å². The number of methoxy groups -OCH3 is 1. The van der Waals surface area contributed by atoms with Gasteiger partial charge in [0, 0.05) is 23.6 Å². The minimum Gasteiger partial charge on any atom is -0.497 e. The third-order valence-electron chi connectivity index (χ3n) is 5.73. The van der Waals surface area contributed by atoms with Crippen molar-refractivity contribution in [3.05, 3.63) is 78.3 Å². The van der Waals surface area contributed by atoms with E-state index >= 15 is 0 Å². The predicted octanol–water partition coefficient (Wildman–Crippen LogP) is 4.39. The smallest absolute Gasteiger partial charge is 0.255 e. The van der Waals surface area contributed by atoms with Gasteiger partial charge in [-0.2, -0.15) is 0 Å². The van der Waals surface area contributed by atoms with Gasteiger partial charge in [0.05, 0.1) is 31.0 Å². The number of piperidine rings is 1. The summed E-state index contributed by atoms with van der Waals surface area (Å²) >= 11 is 0. The lowest BCUT2D eigenvalue weighted by molar-refractivity contribution is -0.121. The van der Waals surface area contributed by atoms with E-state index in [1.165, 1.54) is 0 Å². The third kappa shape index (κ3) is 5.36. The second-order valence-electron chi connectivity index (χ2n) is 7.90. The molecule has 1 aliphatic heterocycles. The molecule has 0 bridgehead atoms. The summed E-state index contributed by atoms with van der Waals surface area (Å²) in [5.41, 5.74) is 2.82. The minimum atomic E-state index is -0.248. The molecule has 0 aliphatic carbocycles. The molecule has 1 aliphatic rings. The Balaban J connectivity index is 1.34. The molecular formula is C25H27N3O4. The van der Waals surface area contributed by atoms with Crippen LogP contribution in [-0.4, -0.2) is 36.9 Å². The normalized spacial score (nSPS) is 14.7. The van der Waals surface area contributed by atoms with Crippen LogP contribution in [0.2, 0.25) is 0 Å². The van der Waals surface area contributed by atoms with Crippen LogP contribution in [0.4, 0.5) is 11.4 Å². The number of benzene rings is 2. The first-order valence-corrected chi connectivity index (χ1v) is 10.7. The number of anilines is 2. The number of furan rings is 1. The second kappa shape index (κ2) is 10.2. The van der Waals surface area contributed by atoms with Gasteiger partial charge in [-0.05, 0) is 68.4 Å². The summed E-state index contributed by atoms with van der Waals surface area (Å²) in [6.45, 7) is 2.56. The molecule has 0 saturated carbocycles. The summed E-state index contributed by atoms with van der Waals surface area (Å²) in [4.78, 5) is 27.9. The summed E-state index contributed by atoms with van der Waals surface area (Å²) in [5.74, 6) is 0.368. The Hall–Kier alpha value is -3.58. The van der Waals surface area contributed by atoms with E-state index < -0.39 is 0 Å². The largest absolute Gasteiger partial charge is 0.497 e. The van der Waals surface area contributed by atoms with Gasteiger partial charge in [0.1, 0.15) is 5.75 Å². The molecule has 2 N–H and O–H groups in total. The Labute approximate surface area is 187 Å². The van der Waals surface area contributed by atoms with Crippen LogP contribution in [0, 0.1) is 5.92 Å². The van der Waals surface area contributed by atoms with Gasteiger partial charge < -0.3 is 19.8 Å². The van der Waals surface area contributed by atoms with Gasteiger partial charge >= 0.3 is 0 Å². The highest BCUT2D eigenvalue weighted by atomic mass is 16.5. The van der Waals surface area contributed by atoms with Crippen molar-refractivity contribution in [2.45, 2.75) is 19.4 Å². The van der Waals surface area contributed by atoms with Crippen LogP contribution in [0.1, 0.15) is 28.8 Å². The van der Waals surface area contributed by atoms with Gasteiger partial charge in [-0.1, -0.05) is 12.1 Å². The van der Waals surface area contributed by atoms with Gasteiger partial charge in [-0.25, -0.2) is 0 Å². The molecule has 7 nitrogen and oxygen atoms in total. The molecule has 2 amide bonds. The molecular weight excluding hydrogens is 406 g/mol. The molecule has 0 radical (unpaired) electrons. The molecule has 0 unspecified atom stereocenters. The lowest BCUT2D eigenvalue weighted by atomic mass is 9.95.